The van der Waals surface area contributed by atoms with Crippen LogP contribution in [-0.4, -0.2) is 56.2 Å². The van der Waals surface area contributed by atoms with Gasteiger partial charge in [-0.1, -0.05) is 13.3 Å². The number of amides is 1. The van der Waals surface area contributed by atoms with E-state index >= 15 is 0 Å². The van der Waals surface area contributed by atoms with Crippen molar-refractivity contribution in [2.75, 3.05) is 39.4 Å². The molecule has 1 unspecified atom stereocenters. The van der Waals surface area contributed by atoms with Crippen molar-refractivity contribution >= 4 is 5.91 Å². The minimum absolute atomic E-state index is 0.123. The smallest absolute Gasteiger partial charge is 0.227 e. The van der Waals surface area contributed by atoms with Gasteiger partial charge in [0.2, 0.25) is 5.91 Å². The summed E-state index contributed by atoms with van der Waals surface area (Å²) < 4.78 is 5.36. The zero-order valence-corrected chi connectivity index (χ0v) is 13.4. The molecule has 0 radical (unpaired) electrons. The van der Waals surface area contributed by atoms with Crippen LogP contribution in [-0.2, 0) is 9.53 Å². The van der Waals surface area contributed by atoms with E-state index in [1.165, 1.54) is 32.2 Å². The van der Waals surface area contributed by atoms with Crippen molar-refractivity contribution in [3.05, 3.63) is 0 Å². The molecule has 0 aromatic carbocycles. The van der Waals surface area contributed by atoms with Crippen molar-refractivity contribution in [2.24, 2.45) is 11.1 Å². The number of carbonyl (C=O) groups is 1. The maximum Gasteiger partial charge on any atom is 0.227 e. The van der Waals surface area contributed by atoms with Crippen LogP contribution in [0.15, 0.2) is 0 Å². The van der Waals surface area contributed by atoms with E-state index in [1.54, 1.807) is 0 Å². The van der Waals surface area contributed by atoms with Crippen LogP contribution < -0.4 is 11.1 Å². The SMILES string of the molecule is CCC1CCCCN1CCNC(=O)C1(CN)CCOCC1. The van der Waals surface area contributed by atoms with E-state index in [4.69, 9.17) is 10.5 Å². The van der Waals surface area contributed by atoms with Gasteiger partial charge in [-0.15, -0.1) is 0 Å². The highest BCUT2D eigenvalue weighted by Gasteiger charge is 2.38. The first-order valence-corrected chi connectivity index (χ1v) is 8.52. The molecular formula is C16H31N3O2. The zero-order valence-electron chi connectivity index (χ0n) is 13.4. The summed E-state index contributed by atoms with van der Waals surface area (Å²) in [5.74, 6) is 0.123. The summed E-state index contributed by atoms with van der Waals surface area (Å²) in [7, 11) is 0. The number of nitrogens with two attached hydrogens (primary N) is 1. The molecule has 2 rings (SSSR count). The second kappa shape index (κ2) is 8.11. The number of likely N-dealkylation sites (tertiary alicyclic amines) is 1. The van der Waals surface area contributed by atoms with Gasteiger partial charge >= 0.3 is 0 Å². The van der Waals surface area contributed by atoms with E-state index in [1.807, 2.05) is 0 Å². The Kier molecular flexibility index (Phi) is 6.45. The monoisotopic (exact) mass is 297 g/mol. The van der Waals surface area contributed by atoms with Gasteiger partial charge in [0.1, 0.15) is 0 Å². The Morgan fingerprint density at radius 1 is 1.38 bits per heavy atom. The number of hydrogen-bond donors (Lipinski definition) is 2. The van der Waals surface area contributed by atoms with E-state index in [0.717, 1.165) is 25.9 Å². The molecule has 2 saturated heterocycles. The normalized spacial score (nSPS) is 26.5. The van der Waals surface area contributed by atoms with Crippen molar-refractivity contribution in [2.45, 2.75) is 51.5 Å². The summed E-state index contributed by atoms with van der Waals surface area (Å²) in [5, 5.41) is 3.12. The maximum absolute atomic E-state index is 12.5. The molecule has 2 fully saturated rings. The number of carbonyl (C=O) groups excluding carboxylic acids is 1. The van der Waals surface area contributed by atoms with Crippen molar-refractivity contribution in [1.29, 1.82) is 0 Å². The number of piperidine rings is 1. The van der Waals surface area contributed by atoms with Crippen LogP contribution in [0.4, 0.5) is 0 Å². The highest BCUT2D eigenvalue weighted by molar-refractivity contribution is 5.83. The Labute approximate surface area is 128 Å². The van der Waals surface area contributed by atoms with E-state index in [9.17, 15) is 4.79 Å². The molecule has 5 heteroatoms. The Hall–Kier alpha value is -0.650. The molecule has 5 nitrogen and oxygen atoms in total. The average molecular weight is 297 g/mol. The molecule has 2 aliphatic heterocycles. The molecule has 3 N–H and O–H groups in total. The molecule has 0 aromatic rings. The molecule has 21 heavy (non-hydrogen) atoms. The molecule has 0 saturated carbocycles. The minimum atomic E-state index is -0.399. The maximum atomic E-state index is 12.5. The standard InChI is InChI=1S/C16H31N3O2/c1-2-14-5-3-4-9-19(14)10-8-18-15(20)16(13-17)6-11-21-12-7-16/h14H,2-13,17H2,1H3,(H,18,20). The lowest BCUT2D eigenvalue weighted by atomic mass is 9.79. The van der Waals surface area contributed by atoms with E-state index in [-0.39, 0.29) is 5.91 Å². The molecule has 1 amide bonds. The Balaban J connectivity index is 1.77. The summed E-state index contributed by atoms with van der Waals surface area (Å²) >= 11 is 0. The van der Waals surface area contributed by atoms with Gasteiger partial charge in [-0.05, 0) is 38.6 Å². The van der Waals surface area contributed by atoms with Crippen molar-refractivity contribution in [3.8, 4) is 0 Å². The van der Waals surface area contributed by atoms with Crippen LogP contribution in [0.25, 0.3) is 0 Å². The molecule has 0 bridgehead atoms. The molecule has 0 spiro atoms. The van der Waals surface area contributed by atoms with Crippen molar-refractivity contribution in [1.82, 2.24) is 10.2 Å². The fraction of sp³-hybridized carbons (Fsp3) is 0.938. The second-order valence-electron chi connectivity index (χ2n) is 6.45. The Bertz CT molecular complexity index is 329. The van der Waals surface area contributed by atoms with Gasteiger partial charge < -0.3 is 15.8 Å². The van der Waals surface area contributed by atoms with Gasteiger partial charge in [0.25, 0.3) is 0 Å². The summed E-state index contributed by atoms with van der Waals surface area (Å²) in [6.07, 6.45) is 6.63. The van der Waals surface area contributed by atoms with Crippen LogP contribution in [0, 0.1) is 5.41 Å². The predicted molar refractivity (Wildman–Crippen MR) is 84.1 cm³/mol. The topological polar surface area (TPSA) is 67.6 Å². The number of nitrogens with zero attached hydrogens (tertiary/aromatic N) is 1. The van der Waals surface area contributed by atoms with Crippen LogP contribution in [0.1, 0.15) is 45.4 Å². The third kappa shape index (κ3) is 4.18. The summed E-state index contributed by atoms with van der Waals surface area (Å²) in [4.78, 5) is 15.0. The third-order valence-electron chi connectivity index (χ3n) is 5.23. The molecule has 2 heterocycles. The van der Waals surface area contributed by atoms with E-state index < -0.39 is 5.41 Å². The highest BCUT2D eigenvalue weighted by atomic mass is 16.5. The molecule has 0 aromatic heterocycles. The summed E-state index contributed by atoms with van der Waals surface area (Å²) in [6, 6.07) is 0.696. The fourth-order valence-electron chi connectivity index (χ4n) is 3.60. The lowest BCUT2D eigenvalue weighted by Crippen LogP contribution is -2.51. The fourth-order valence-corrected chi connectivity index (χ4v) is 3.60. The largest absolute Gasteiger partial charge is 0.381 e. The number of nitrogens with one attached hydrogen (secondary N) is 1. The number of rotatable bonds is 6. The lowest BCUT2D eigenvalue weighted by Gasteiger charge is -2.37. The van der Waals surface area contributed by atoms with Crippen LogP contribution in [0.5, 0.6) is 0 Å². The summed E-state index contributed by atoms with van der Waals surface area (Å²) in [6.45, 7) is 6.84. The molecule has 2 aliphatic rings. The predicted octanol–water partition coefficient (Wildman–Crippen LogP) is 1.12. The second-order valence-corrected chi connectivity index (χ2v) is 6.45. The van der Waals surface area contributed by atoms with Crippen LogP contribution in [0.3, 0.4) is 0 Å². The molecule has 1 atom stereocenters. The first kappa shape index (κ1) is 16.7. The average Bonchev–Trinajstić information content (AvgIpc) is 2.55. The summed E-state index contributed by atoms with van der Waals surface area (Å²) in [5.41, 5.74) is 5.47. The van der Waals surface area contributed by atoms with Gasteiger partial charge in [-0.25, -0.2) is 0 Å². The van der Waals surface area contributed by atoms with Gasteiger partial charge in [0.15, 0.2) is 0 Å². The first-order chi connectivity index (χ1) is 10.2. The van der Waals surface area contributed by atoms with Crippen molar-refractivity contribution in [3.63, 3.8) is 0 Å². The van der Waals surface area contributed by atoms with Crippen LogP contribution in [0.2, 0.25) is 0 Å². The number of ether oxygens (including phenoxy) is 1. The van der Waals surface area contributed by atoms with E-state index in [0.29, 0.717) is 25.8 Å². The van der Waals surface area contributed by atoms with Gasteiger partial charge in [0.05, 0.1) is 5.41 Å². The van der Waals surface area contributed by atoms with Gasteiger partial charge in [-0.2, -0.15) is 0 Å². The Morgan fingerprint density at radius 3 is 2.81 bits per heavy atom. The lowest BCUT2D eigenvalue weighted by molar-refractivity contribution is -0.136. The van der Waals surface area contributed by atoms with E-state index in [2.05, 4.69) is 17.1 Å². The zero-order chi connectivity index (χ0) is 15.1. The molecule has 0 aliphatic carbocycles. The minimum Gasteiger partial charge on any atom is -0.381 e. The quantitative estimate of drug-likeness (QED) is 0.771. The van der Waals surface area contributed by atoms with Crippen molar-refractivity contribution < 1.29 is 9.53 Å². The van der Waals surface area contributed by atoms with Gasteiger partial charge in [-0.3, -0.25) is 9.69 Å². The molecular weight excluding hydrogens is 266 g/mol. The Morgan fingerprint density at radius 2 is 2.14 bits per heavy atom. The van der Waals surface area contributed by atoms with Crippen LogP contribution >= 0.6 is 0 Å². The number of hydrogen-bond acceptors (Lipinski definition) is 4. The highest BCUT2D eigenvalue weighted by Crippen LogP contribution is 2.29. The third-order valence-corrected chi connectivity index (χ3v) is 5.23. The van der Waals surface area contributed by atoms with Gasteiger partial charge in [0, 0.05) is 38.9 Å². The first-order valence-electron chi connectivity index (χ1n) is 8.52. The molecule has 122 valence electrons.